The van der Waals surface area contributed by atoms with Gasteiger partial charge in [-0.05, 0) is 50.1 Å². The van der Waals surface area contributed by atoms with Gasteiger partial charge in [-0.2, -0.15) is 5.10 Å². The van der Waals surface area contributed by atoms with Gasteiger partial charge in [-0.15, -0.1) is 0 Å². The predicted octanol–water partition coefficient (Wildman–Crippen LogP) is 4.57. The smallest absolute Gasteiger partial charge is 0.323 e. The standard InChI is InChI=1S/C25H27ClFN3O3/c1-2-33-25(32)22-9-5-6-14-29(22)16-24(31)30-23(17-10-12-18(26)13-11-17)15-21(28-30)19-7-3-4-8-20(19)27/h3-4,7-8,10-13,22-23H,2,5-6,9,14-16H2,1H3. The maximum atomic E-state index is 14.5. The first kappa shape index (κ1) is 23.4. The lowest BCUT2D eigenvalue weighted by molar-refractivity contribution is -0.152. The highest BCUT2D eigenvalue weighted by Gasteiger charge is 2.37. The molecule has 2 unspecified atom stereocenters. The summed E-state index contributed by atoms with van der Waals surface area (Å²) in [7, 11) is 0. The van der Waals surface area contributed by atoms with E-state index in [0.29, 0.717) is 42.3 Å². The predicted molar refractivity (Wildman–Crippen MR) is 124 cm³/mol. The summed E-state index contributed by atoms with van der Waals surface area (Å²) in [5.74, 6) is -0.910. The number of halogens is 2. The molecule has 2 aliphatic heterocycles. The minimum absolute atomic E-state index is 0.0433. The van der Waals surface area contributed by atoms with Gasteiger partial charge >= 0.3 is 5.97 Å². The van der Waals surface area contributed by atoms with Gasteiger partial charge in [0, 0.05) is 17.0 Å². The summed E-state index contributed by atoms with van der Waals surface area (Å²) in [4.78, 5) is 27.8. The number of amides is 1. The van der Waals surface area contributed by atoms with Crippen molar-refractivity contribution in [3.8, 4) is 0 Å². The molecule has 8 heteroatoms. The van der Waals surface area contributed by atoms with Gasteiger partial charge in [-0.3, -0.25) is 14.5 Å². The van der Waals surface area contributed by atoms with Crippen LogP contribution >= 0.6 is 11.6 Å². The fraction of sp³-hybridized carbons (Fsp3) is 0.400. The van der Waals surface area contributed by atoms with E-state index >= 15 is 0 Å². The molecule has 1 fully saturated rings. The third-order valence-electron chi connectivity index (χ3n) is 6.12. The second kappa shape index (κ2) is 10.4. The number of rotatable bonds is 6. The molecule has 4 rings (SSSR count). The number of nitrogens with zero attached hydrogens (tertiary/aromatic N) is 3. The number of benzene rings is 2. The topological polar surface area (TPSA) is 62.2 Å². The molecule has 2 atom stereocenters. The van der Waals surface area contributed by atoms with Crippen LogP contribution in [-0.4, -0.2) is 53.2 Å². The summed E-state index contributed by atoms with van der Waals surface area (Å²) in [6.45, 7) is 2.76. The first-order valence-electron chi connectivity index (χ1n) is 11.3. The Morgan fingerprint density at radius 2 is 1.91 bits per heavy atom. The Balaban J connectivity index is 1.60. The van der Waals surface area contributed by atoms with Crippen LogP contribution in [0.1, 0.15) is 49.8 Å². The normalized spacial score (nSPS) is 21.1. The van der Waals surface area contributed by atoms with Crippen molar-refractivity contribution in [1.29, 1.82) is 0 Å². The van der Waals surface area contributed by atoms with Crippen LogP contribution in [0.2, 0.25) is 5.02 Å². The first-order chi connectivity index (χ1) is 16.0. The molecule has 0 N–H and O–H groups in total. The van der Waals surface area contributed by atoms with Crippen LogP contribution in [0.25, 0.3) is 0 Å². The maximum Gasteiger partial charge on any atom is 0.323 e. The second-order valence-electron chi connectivity index (χ2n) is 8.27. The average molecular weight is 472 g/mol. The quantitative estimate of drug-likeness (QED) is 0.579. The fourth-order valence-electron chi connectivity index (χ4n) is 4.47. The van der Waals surface area contributed by atoms with Crippen LogP contribution in [0.5, 0.6) is 0 Å². The fourth-order valence-corrected chi connectivity index (χ4v) is 4.60. The number of esters is 1. The molecule has 1 saturated heterocycles. The molecule has 174 valence electrons. The molecule has 0 aliphatic carbocycles. The summed E-state index contributed by atoms with van der Waals surface area (Å²) in [6.07, 6.45) is 2.88. The Kier molecular flexibility index (Phi) is 7.40. The Hall–Kier alpha value is -2.77. The Labute approximate surface area is 198 Å². The molecule has 33 heavy (non-hydrogen) atoms. The molecule has 0 aromatic heterocycles. The van der Waals surface area contributed by atoms with Crippen molar-refractivity contribution in [2.45, 2.75) is 44.7 Å². The minimum atomic E-state index is -0.436. The monoisotopic (exact) mass is 471 g/mol. The van der Waals surface area contributed by atoms with E-state index in [2.05, 4.69) is 5.10 Å². The van der Waals surface area contributed by atoms with Crippen LogP contribution in [-0.2, 0) is 14.3 Å². The minimum Gasteiger partial charge on any atom is -0.465 e. The van der Waals surface area contributed by atoms with Crippen LogP contribution in [0.3, 0.4) is 0 Å². The van der Waals surface area contributed by atoms with Crippen molar-refractivity contribution >= 4 is 29.2 Å². The van der Waals surface area contributed by atoms with Crippen molar-refractivity contribution < 1.29 is 18.7 Å². The zero-order chi connectivity index (χ0) is 23.4. The zero-order valence-corrected chi connectivity index (χ0v) is 19.3. The highest BCUT2D eigenvalue weighted by molar-refractivity contribution is 6.30. The SMILES string of the molecule is CCOC(=O)C1CCCCN1CC(=O)N1N=C(c2ccccc2F)CC1c1ccc(Cl)cc1. The van der Waals surface area contributed by atoms with Crippen LogP contribution in [0.4, 0.5) is 4.39 Å². The summed E-state index contributed by atoms with van der Waals surface area (Å²) in [6, 6.07) is 12.9. The van der Waals surface area contributed by atoms with E-state index < -0.39 is 6.04 Å². The zero-order valence-electron chi connectivity index (χ0n) is 18.5. The van der Waals surface area contributed by atoms with Crippen LogP contribution < -0.4 is 0 Å². The summed E-state index contributed by atoms with van der Waals surface area (Å²) in [5, 5.41) is 6.58. The van der Waals surface area contributed by atoms with Gasteiger partial charge < -0.3 is 4.74 Å². The summed E-state index contributed by atoms with van der Waals surface area (Å²) >= 11 is 6.05. The molecule has 2 aromatic rings. The van der Waals surface area contributed by atoms with Gasteiger partial charge in [-0.1, -0.05) is 48.4 Å². The van der Waals surface area contributed by atoms with Crippen molar-refractivity contribution in [2.24, 2.45) is 5.10 Å². The average Bonchev–Trinajstić information content (AvgIpc) is 3.26. The van der Waals surface area contributed by atoms with E-state index in [1.54, 1.807) is 37.3 Å². The van der Waals surface area contributed by atoms with Gasteiger partial charge in [0.15, 0.2) is 0 Å². The van der Waals surface area contributed by atoms with E-state index in [1.165, 1.54) is 11.1 Å². The van der Waals surface area contributed by atoms with Gasteiger partial charge in [0.25, 0.3) is 5.91 Å². The van der Waals surface area contributed by atoms with E-state index in [4.69, 9.17) is 16.3 Å². The van der Waals surface area contributed by atoms with Crippen molar-refractivity contribution in [3.05, 3.63) is 70.5 Å². The number of ether oxygens (including phenoxy) is 1. The van der Waals surface area contributed by atoms with Crippen molar-refractivity contribution in [3.63, 3.8) is 0 Å². The Morgan fingerprint density at radius 3 is 2.64 bits per heavy atom. The molecular formula is C25H27ClFN3O3. The third kappa shape index (κ3) is 5.25. The van der Waals surface area contributed by atoms with Crippen LogP contribution in [0, 0.1) is 5.82 Å². The van der Waals surface area contributed by atoms with Gasteiger partial charge in [0.2, 0.25) is 0 Å². The molecule has 2 aliphatic rings. The maximum absolute atomic E-state index is 14.5. The Bertz CT molecular complexity index is 1040. The molecule has 0 bridgehead atoms. The number of piperidine rings is 1. The van der Waals surface area contributed by atoms with Gasteiger partial charge in [0.1, 0.15) is 11.9 Å². The number of hydrogen-bond donors (Lipinski definition) is 0. The lowest BCUT2D eigenvalue weighted by atomic mass is 9.98. The number of hydrogen-bond acceptors (Lipinski definition) is 5. The first-order valence-corrected chi connectivity index (χ1v) is 11.7. The lowest BCUT2D eigenvalue weighted by Gasteiger charge is -2.34. The van der Waals surface area contributed by atoms with Gasteiger partial charge in [-0.25, -0.2) is 9.40 Å². The molecule has 6 nitrogen and oxygen atoms in total. The molecule has 0 spiro atoms. The second-order valence-corrected chi connectivity index (χ2v) is 8.71. The van der Waals surface area contributed by atoms with E-state index in [-0.39, 0.29) is 30.3 Å². The third-order valence-corrected chi connectivity index (χ3v) is 6.37. The number of hydrazone groups is 1. The molecule has 0 saturated carbocycles. The molecule has 1 amide bonds. The highest BCUT2D eigenvalue weighted by atomic mass is 35.5. The lowest BCUT2D eigenvalue weighted by Crippen LogP contribution is -2.49. The van der Waals surface area contributed by atoms with Crippen molar-refractivity contribution in [2.75, 3.05) is 19.7 Å². The van der Waals surface area contributed by atoms with Crippen molar-refractivity contribution in [1.82, 2.24) is 9.91 Å². The van der Waals surface area contributed by atoms with E-state index in [0.717, 1.165) is 18.4 Å². The molecule has 0 radical (unpaired) electrons. The summed E-state index contributed by atoms with van der Waals surface area (Å²) < 4.78 is 19.7. The Morgan fingerprint density at radius 1 is 1.15 bits per heavy atom. The highest BCUT2D eigenvalue weighted by Crippen LogP contribution is 2.34. The van der Waals surface area contributed by atoms with E-state index in [9.17, 15) is 14.0 Å². The number of carbonyl (C=O) groups is 2. The number of carbonyl (C=O) groups excluding carboxylic acids is 2. The number of likely N-dealkylation sites (tertiary alicyclic amines) is 1. The molecular weight excluding hydrogens is 445 g/mol. The largest absolute Gasteiger partial charge is 0.465 e. The van der Waals surface area contributed by atoms with Gasteiger partial charge in [0.05, 0.1) is 24.9 Å². The van der Waals surface area contributed by atoms with E-state index in [1.807, 2.05) is 17.0 Å². The molecule has 2 aromatic carbocycles. The molecule has 2 heterocycles. The van der Waals surface area contributed by atoms with Crippen LogP contribution in [0.15, 0.2) is 53.6 Å². The summed E-state index contributed by atoms with van der Waals surface area (Å²) in [5.41, 5.74) is 1.76.